The van der Waals surface area contributed by atoms with Crippen LogP contribution in [0.2, 0.25) is 0 Å². The molecule has 2 nitrogen and oxygen atoms in total. The lowest BCUT2D eigenvalue weighted by atomic mass is 9.74. The third kappa shape index (κ3) is 5.30. The summed E-state index contributed by atoms with van der Waals surface area (Å²) in [4.78, 5) is 5.04. The molecule has 0 aliphatic heterocycles. The van der Waals surface area contributed by atoms with E-state index in [1.165, 1.54) is 87.7 Å². The van der Waals surface area contributed by atoms with Crippen LogP contribution >= 0.6 is 11.3 Å². The van der Waals surface area contributed by atoms with Gasteiger partial charge in [0.25, 0.3) is 0 Å². The first-order chi connectivity index (χ1) is 27.7. The molecular weight excluding hydrogens is 697 g/mol. The number of benzene rings is 8. The standard InChI is InChI=1S/C53H40N2S/c1-4-14-37(15-5-1)38-26-28-43(29-27-38)54(41-18-6-2-7-19-41)47-23-12-16-39-32-34-53(51(39)47)35-33-40-17-13-24-48(52(40)53)55(42-20-8-3-9-21-42)44-30-31-50-46(36-44)45-22-10-11-25-49(45)56-50/h1-31,36H,32-35H2/t53-/m1/s1. The van der Waals surface area contributed by atoms with Gasteiger partial charge < -0.3 is 9.80 Å². The monoisotopic (exact) mass is 736 g/mol. The molecule has 1 aromatic heterocycles. The van der Waals surface area contributed by atoms with E-state index in [2.05, 4.69) is 204 Å². The van der Waals surface area contributed by atoms with E-state index in [1.807, 2.05) is 11.3 Å². The molecule has 56 heavy (non-hydrogen) atoms. The van der Waals surface area contributed by atoms with Crippen molar-refractivity contribution in [2.24, 2.45) is 0 Å². The highest BCUT2D eigenvalue weighted by molar-refractivity contribution is 7.25. The second-order valence-electron chi connectivity index (χ2n) is 15.2. The van der Waals surface area contributed by atoms with Crippen LogP contribution < -0.4 is 9.80 Å². The van der Waals surface area contributed by atoms with Gasteiger partial charge in [-0.3, -0.25) is 0 Å². The Balaban J connectivity index is 1.11. The zero-order valence-electron chi connectivity index (χ0n) is 31.1. The van der Waals surface area contributed by atoms with Gasteiger partial charge in [-0.1, -0.05) is 121 Å². The van der Waals surface area contributed by atoms with Crippen molar-refractivity contribution in [1.82, 2.24) is 0 Å². The maximum absolute atomic E-state index is 2.54. The minimum Gasteiger partial charge on any atom is -0.310 e. The number of hydrogen-bond acceptors (Lipinski definition) is 3. The molecule has 0 N–H and O–H groups in total. The summed E-state index contributed by atoms with van der Waals surface area (Å²) in [7, 11) is 0. The molecule has 0 bridgehead atoms. The van der Waals surface area contributed by atoms with Crippen molar-refractivity contribution in [3.05, 3.63) is 216 Å². The first-order valence-corrected chi connectivity index (χ1v) is 20.6. The average molecular weight is 737 g/mol. The average Bonchev–Trinajstić information content (AvgIpc) is 3.96. The van der Waals surface area contributed by atoms with Crippen LogP contribution in [-0.2, 0) is 18.3 Å². The van der Waals surface area contributed by atoms with Crippen molar-refractivity contribution in [1.29, 1.82) is 0 Å². The number of thiophene rings is 1. The van der Waals surface area contributed by atoms with Gasteiger partial charge in [0.1, 0.15) is 0 Å². The molecule has 9 aromatic rings. The molecule has 8 aromatic carbocycles. The Morgan fingerprint density at radius 2 is 0.857 bits per heavy atom. The Bertz CT molecular complexity index is 2860. The Morgan fingerprint density at radius 1 is 0.375 bits per heavy atom. The van der Waals surface area contributed by atoms with E-state index in [0.29, 0.717) is 0 Å². The summed E-state index contributed by atoms with van der Waals surface area (Å²) in [6, 6.07) is 71.7. The fourth-order valence-corrected chi connectivity index (χ4v) is 10.9. The Labute approximate surface area is 332 Å². The van der Waals surface area contributed by atoms with Gasteiger partial charge in [-0.25, -0.2) is 0 Å². The molecule has 1 atom stereocenters. The molecule has 11 rings (SSSR count). The van der Waals surface area contributed by atoms with E-state index in [4.69, 9.17) is 0 Å². The first kappa shape index (κ1) is 33.0. The van der Waals surface area contributed by atoms with E-state index < -0.39 is 0 Å². The summed E-state index contributed by atoms with van der Waals surface area (Å²) < 4.78 is 2.66. The summed E-state index contributed by atoms with van der Waals surface area (Å²) in [5.74, 6) is 0. The van der Waals surface area contributed by atoms with E-state index in [-0.39, 0.29) is 5.41 Å². The van der Waals surface area contributed by atoms with Crippen LogP contribution in [-0.4, -0.2) is 0 Å². The van der Waals surface area contributed by atoms with E-state index in [1.54, 1.807) is 0 Å². The second kappa shape index (κ2) is 13.4. The van der Waals surface area contributed by atoms with E-state index in [0.717, 1.165) is 25.7 Å². The summed E-state index contributed by atoms with van der Waals surface area (Å²) in [6.07, 6.45) is 4.31. The molecule has 0 radical (unpaired) electrons. The van der Waals surface area contributed by atoms with Crippen LogP contribution in [0.4, 0.5) is 34.1 Å². The fourth-order valence-electron chi connectivity index (χ4n) is 9.81. The number of rotatable bonds is 7. The quantitative estimate of drug-likeness (QED) is 0.161. The molecule has 0 saturated carbocycles. The first-order valence-electron chi connectivity index (χ1n) is 19.8. The van der Waals surface area contributed by atoms with Crippen molar-refractivity contribution in [3.63, 3.8) is 0 Å². The predicted molar refractivity (Wildman–Crippen MR) is 238 cm³/mol. The third-order valence-corrected chi connectivity index (χ3v) is 13.4. The Kier molecular flexibility index (Phi) is 7.89. The summed E-state index contributed by atoms with van der Waals surface area (Å²) in [5.41, 5.74) is 15.5. The Morgan fingerprint density at radius 3 is 1.48 bits per heavy atom. The molecule has 0 unspecified atom stereocenters. The predicted octanol–water partition coefficient (Wildman–Crippen LogP) is 14.8. The smallest absolute Gasteiger partial charge is 0.0505 e. The van der Waals surface area contributed by atoms with Crippen molar-refractivity contribution in [2.45, 2.75) is 31.1 Å². The van der Waals surface area contributed by atoms with Gasteiger partial charge in [-0.15, -0.1) is 11.3 Å². The summed E-state index contributed by atoms with van der Waals surface area (Å²) in [6.45, 7) is 0. The second-order valence-corrected chi connectivity index (χ2v) is 16.3. The molecule has 2 aliphatic carbocycles. The van der Waals surface area contributed by atoms with Crippen molar-refractivity contribution in [3.8, 4) is 11.1 Å². The van der Waals surface area contributed by atoms with Gasteiger partial charge in [-0.2, -0.15) is 0 Å². The number of hydrogen-bond donors (Lipinski definition) is 0. The van der Waals surface area contributed by atoms with Gasteiger partial charge in [0.05, 0.1) is 11.4 Å². The number of para-hydroxylation sites is 2. The molecule has 0 fully saturated rings. The van der Waals surface area contributed by atoms with E-state index in [9.17, 15) is 0 Å². The highest BCUT2D eigenvalue weighted by atomic mass is 32.1. The topological polar surface area (TPSA) is 6.48 Å². The minimum atomic E-state index is -0.138. The maximum atomic E-state index is 2.54. The lowest BCUT2D eigenvalue weighted by Crippen LogP contribution is -2.27. The van der Waals surface area contributed by atoms with Gasteiger partial charge in [0.2, 0.25) is 0 Å². The van der Waals surface area contributed by atoms with Gasteiger partial charge in [-0.05, 0) is 132 Å². The maximum Gasteiger partial charge on any atom is 0.0505 e. The van der Waals surface area contributed by atoms with Crippen LogP contribution in [0.5, 0.6) is 0 Å². The number of fused-ring (bicyclic) bond motifs is 7. The third-order valence-electron chi connectivity index (χ3n) is 12.2. The van der Waals surface area contributed by atoms with Crippen molar-refractivity contribution in [2.75, 3.05) is 9.80 Å². The van der Waals surface area contributed by atoms with Crippen LogP contribution in [0.25, 0.3) is 31.3 Å². The molecule has 3 heteroatoms. The summed E-state index contributed by atoms with van der Waals surface area (Å²) >= 11 is 1.88. The lowest BCUT2D eigenvalue weighted by Gasteiger charge is -2.37. The lowest BCUT2D eigenvalue weighted by molar-refractivity contribution is 0.508. The molecule has 1 heterocycles. The van der Waals surface area contributed by atoms with E-state index >= 15 is 0 Å². The fraction of sp³-hybridized carbons (Fsp3) is 0.0943. The number of aryl methyl sites for hydroxylation is 2. The van der Waals surface area contributed by atoms with Crippen molar-refractivity contribution < 1.29 is 0 Å². The van der Waals surface area contributed by atoms with Crippen molar-refractivity contribution >= 4 is 65.6 Å². The van der Waals surface area contributed by atoms with Gasteiger partial charge in [0.15, 0.2) is 0 Å². The summed E-state index contributed by atoms with van der Waals surface area (Å²) in [5, 5.41) is 2.64. The Hall–Kier alpha value is -6.42. The van der Waals surface area contributed by atoms with Crippen LogP contribution in [0.15, 0.2) is 194 Å². The number of nitrogens with zero attached hydrogens (tertiary/aromatic N) is 2. The molecule has 2 aliphatic rings. The number of anilines is 6. The molecular formula is C53H40N2S. The normalized spacial score (nSPS) is 15.6. The minimum absolute atomic E-state index is 0.138. The molecule has 0 amide bonds. The van der Waals surface area contributed by atoms with Gasteiger partial charge in [0, 0.05) is 48.3 Å². The van der Waals surface area contributed by atoms with Crippen LogP contribution in [0.3, 0.4) is 0 Å². The van der Waals surface area contributed by atoms with Gasteiger partial charge >= 0.3 is 0 Å². The van der Waals surface area contributed by atoms with Crippen LogP contribution in [0.1, 0.15) is 35.1 Å². The zero-order valence-corrected chi connectivity index (χ0v) is 31.9. The highest BCUT2D eigenvalue weighted by Crippen LogP contribution is 2.60. The van der Waals surface area contributed by atoms with Crippen LogP contribution in [0, 0.1) is 0 Å². The largest absolute Gasteiger partial charge is 0.310 e. The SMILES string of the molecule is c1ccc(-c2ccc(N(c3ccccc3)c3cccc4c3[C@@]3(CC4)CCc4cccc(N(c5ccccc5)c5ccc6sc7ccccc7c6c5)c43)cc2)cc1. The highest BCUT2D eigenvalue weighted by Gasteiger charge is 2.49. The molecule has 268 valence electrons. The molecule has 1 spiro atoms. The zero-order chi connectivity index (χ0) is 37.1. The molecule has 0 saturated heterocycles.